The predicted octanol–water partition coefficient (Wildman–Crippen LogP) is 2.15. The molecule has 2 aromatic carbocycles. The van der Waals surface area contributed by atoms with Crippen LogP contribution in [0.15, 0.2) is 48.7 Å². The highest BCUT2D eigenvalue weighted by atomic mass is 35.5. The molecule has 0 aliphatic carbocycles. The van der Waals surface area contributed by atoms with E-state index < -0.39 is 29.8 Å². The third-order valence-corrected chi connectivity index (χ3v) is 4.75. The number of aliphatic carboxylic acids is 1. The van der Waals surface area contributed by atoms with Crippen LogP contribution < -0.4 is 5.32 Å². The Balaban J connectivity index is 1.77. The number of halogens is 2. The third-order valence-electron chi connectivity index (χ3n) is 4.52. The molecule has 0 saturated carbocycles. The van der Waals surface area contributed by atoms with E-state index in [1.54, 1.807) is 24.3 Å². The highest BCUT2D eigenvalue weighted by molar-refractivity contribution is 6.30. The average Bonchev–Trinajstić information content (AvgIpc) is 3.17. The van der Waals surface area contributed by atoms with E-state index in [-0.39, 0.29) is 18.5 Å². The maximum Gasteiger partial charge on any atom is 0.332 e. The second kappa shape index (κ2) is 9.54. The summed E-state index contributed by atoms with van der Waals surface area (Å²) in [6.07, 6.45) is -0.798. The molecule has 31 heavy (non-hydrogen) atoms. The molecule has 0 bridgehead atoms. The number of hydrogen-bond donors (Lipinski definition) is 4. The fraction of sp³-hybridized carbons (Fsp3) is 0.200. The van der Waals surface area contributed by atoms with Crippen LogP contribution >= 0.6 is 11.6 Å². The first kappa shape index (κ1) is 22.2. The lowest BCUT2D eigenvalue weighted by molar-refractivity contribution is -0.147. The third kappa shape index (κ3) is 5.77. The monoisotopic (exact) mass is 448 g/mol. The molecule has 0 spiro atoms. The summed E-state index contributed by atoms with van der Waals surface area (Å²) in [5.74, 6) is -2.54. The first-order chi connectivity index (χ1) is 14.7. The van der Waals surface area contributed by atoms with Gasteiger partial charge in [-0.05, 0) is 41.0 Å². The Morgan fingerprint density at radius 3 is 2.52 bits per heavy atom. The van der Waals surface area contributed by atoms with Gasteiger partial charge in [0, 0.05) is 23.0 Å². The second-order valence-corrected chi connectivity index (χ2v) is 7.25. The lowest BCUT2D eigenvalue weighted by Gasteiger charge is -2.20. The summed E-state index contributed by atoms with van der Waals surface area (Å²) in [5, 5.41) is 37.6. The predicted molar refractivity (Wildman–Crippen MR) is 107 cm³/mol. The van der Waals surface area contributed by atoms with E-state index in [1.807, 2.05) is 0 Å². The first-order valence-corrected chi connectivity index (χ1v) is 9.48. The van der Waals surface area contributed by atoms with Gasteiger partial charge in [0.1, 0.15) is 5.82 Å². The molecule has 3 aromatic rings. The van der Waals surface area contributed by atoms with Crippen molar-refractivity contribution in [3.05, 3.63) is 70.8 Å². The van der Waals surface area contributed by atoms with Gasteiger partial charge in [-0.25, -0.2) is 9.18 Å². The van der Waals surface area contributed by atoms with Crippen LogP contribution in [0.3, 0.4) is 0 Å². The lowest BCUT2D eigenvalue weighted by Crippen LogP contribution is -2.40. The molecule has 162 valence electrons. The SMILES string of the molecule is O=C(NC(Cc1ccc(-c2cc(Cl)ccc2F)cc1)CC(O)C(=O)O)c1cn(O)nn1. The number of amides is 1. The van der Waals surface area contributed by atoms with Crippen molar-refractivity contribution in [3.63, 3.8) is 0 Å². The lowest BCUT2D eigenvalue weighted by atomic mass is 9.97. The van der Waals surface area contributed by atoms with Gasteiger partial charge in [-0.1, -0.05) is 40.7 Å². The fourth-order valence-corrected chi connectivity index (χ4v) is 3.18. The molecule has 1 heterocycles. The minimum Gasteiger partial charge on any atom is -0.479 e. The molecule has 1 amide bonds. The quantitative estimate of drug-likeness (QED) is 0.387. The van der Waals surface area contributed by atoms with Crippen LogP contribution in [0.1, 0.15) is 22.5 Å². The van der Waals surface area contributed by atoms with Gasteiger partial charge < -0.3 is 20.7 Å². The van der Waals surface area contributed by atoms with Crippen molar-refractivity contribution in [1.29, 1.82) is 0 Å². The number of aliphatic hydroxyl groups is 1. The van der Waals surface area contributed by atoms with Crippen molar-refractivity contribution in [2.24, 2.45) is 0 Å². The van der Waals surface area contributed by atoms with E-state index in [4.69, 9.17) is 21.9 Å². The summed E-state index contributed by atoms with van der Waals surface area (Å²) >= 11 is 5.94. The Hall–Kier alpha value is -3.50. The maximum absolute atomic E-state index is 14.1. The van der Waals surface area contributed by atoms with Crippen LogP contribution in [0.25, 0.3) is 11.1 Å². The normalized spacial score (nSPS) is 12.9. The van der Waals surface area contributed by atoms with Crippen molar-refractivity contribution >= 4 is 23.5 Å². The molecular formula is C20H18ClFN4O5. The molecule has 0 saturated heterocycles. The zero-order valence-electron chi connectivity index (χ0n) is 15.9. The molecule has 4 N–H and O–H groups in total. The molecule has 0 fully saturated rings. The molecule has 1 aromatic heterocycles. The van der Waals surface area contributed by atoms with Gasteiger partial charge in [0.25, 0.3) is 5.91 Å². The second-order valence-electron chi connectivity index (χ2n) is 6.81. The van der Waals surface area contributed by atoms with Crippen LogP contribution in [-0.2, 0) is 11.2 Å². The fourth-order valence-electron chi connectivity index (χ4n) is 3.01. The number of benzene rings is 2. The van der Waals surface area contributed by atoms with Crippen molar-refractivity contribution < 1.29 is 29.4 Å². The Kier molecular flexibility index (Phi) is 6.83. The van der Waals surface area contributed by atoms with Crippen molar-refractivity contribution in [1.82, 2.24) is 20.5 Å². The molecule has 0 radical (unpaired) electrons. The summed E-state index contributed by atoms with van der Waals surface area (Å²) in [6, 6.07) is 10.2. The number of aliphatic hydroxyl groups excluding tert-OH is 1. The van der Waals surface area contributed by atoms with Crippen LogP contribution in [0.4, 0.5) is 4.39 Å². The maximum atomic E-state index is 14.1. The van der Waals surface area contributed by atoms with E-state index in [9.17, 15) is 19.1 Å². The Labute approximate surface area is 180 Å². The number of carbonyl (C=O) groups excluding carboxylic acids is 1. The topological polar surface area (TPSA) is 138 Å². The van der Waals surface area contributed by atoms with Gasteiger partial charge in [0.05, 0.1) is 6.20 Å². The number of carboxylic acid groups (broad SMARTS) is 1. The Morgan fingerprint density at radius 1 is 1.19 bits per heavy atom. The molecule has 0 aliphatic heterocycles. The van der Waals surface area contributed by atoms with Gasteiger partial charge >= 0.3 is 5.97 Å². The number of hydrogen-bond acceptors (Lipinski definition) is 6. The highest BCUT2D eigenvalue weighted by Gasteiger charge is 2.23. The molecule has 0 aliphatic rings. The van der Waals surface area contributed by atoms with Crippen molar-refractivity contribution in [2.45, 2.75) is 25.0 Å². The number of carbonyl (C=O) groups is 2. The van der Waals surface area contributed by atoms with E-state index >= 15 is 0 Å². The molecule has 2 atom stereocenters. The minimum absolute atomic E-state index is 0.177. The van der Waals surface area contributed by atoms with E-state index in [1.165, 1.54) is 18.2 Å². The molecule has 11 heteroatoms. The first-order valence-electron chi connectivity index (χ1n) is 9.10. The summed E-state index contributed by atoms with van der Waals surface area (Å²) in [4.78, 5) is 23.7. The van der Waals surface area contributed by atoms with Gasteiger partial charge in [0.15, 0.2) is 11.8 Å². The Bertz CT molecular complexity index is 1090. The van der Waals surface area contributed by atoms with Crippen LogP contribution in [0.2, 0.25) is 5.02 Å². The van der Waals surface area contributed by atoms with Gasteiger partial charge in [-0.2, -0.15) is 0 Å². The van der Waals surface area contributed by atoms with Crippen LogP contribution in [0.5, 0.6) is 0 Å². The van der Waals surface area contributed by atoms with Gasteiger partial charge in [-0.3, -0.25) is 4.79 Å². The van der Waals surface area contributed by atoms with Crippen molar-refractivity contribution in [2.75, 3.05) is 0 Å². The number of carboxylic acids is 1. The smallest absolute Gasteiger partial charge is 0.332 e. The molecular weight excluding hydrogens is 431 g/mol. The highest BCUT2D eigenvalue weighted by Crippen LogP contribution is 2.26. The number of nitrogens with zero attached hydrogens (tertiary/aromatic N) is 3. The largest absolute Gasteiger partial charge is 0.479 e. The number of rotatable bonds is 8. The zero-order chi connectivity index (χ0) is 22.5. The standard InChI is InChI=1S/C20H18ClFN4O5/c21-13-5-6-16(22)15(8-13)12-3-1-11(2-4-12)7-14(9-18(27)20(29)30)23-19(28)17-10-26(31)25-24-17/h1-6,8,10,14,18,27,31H,7,9H2,(H,23,28)(H,29,30). The number of aromatic nitrogens is 3. The van der Waals surface area contributed by atoms with E-state index in [2.05, 4.69) is 15.6 Å². The van der Waals surface area contributed by atoms with E-state index in [0.29, 0.717) is 26.6 Å². The van der Waals surface area contributed by atoms with Gasteiger partial charge in [-0.15, -0.1) is 5.10 Å². The van der Waals surface area contributed by atoms with Crippen molar-refractivity contribution in [3.8, 4) is 11.1 Å². The van der Waals surface area contributed by atoms with Crippen LogP contribution in [-0.4, -0.2) is 54.6 Å². The summed E-state index contributed by atoms with van der Waals surface area (Å²) in [7, 11) is 0. The number of nitrogens with one attached hydrogen (secondary N) is 1. The molecule has 9 nitrogen and oxygen atoms in total. The van der Waals surface area contributed by atoms with E-state index in [0.717, 1.165) is 6.20 Å². The van der Waals surface area contributed by atoms with Crippen LogP contribution in [0, 0.1) is 5.82 Å². The van der Waals surface area contributed by atoms with Gasteiger partial charge in [0.2, 0.25) is 0 Å². The Morgan fingerprint density at radius 2 is 1.90 bits per heavy atom. The zero-order valence-corrected chi connectivity index (χ0v) is 16.7. The molecule has 2 unspecified atom stereocenters. The summed E-state index contributed by atoms with van der Waals surface area (Å²) < 4.78 is 14.1. The average molecular weight is 449 g/mol. The summed E-state index contributed by atoms with van der Waals surface area (Å²) in [6.45, 7) is 0. The molecule has 3 rings (SSSR count). The minimum atomic E-state index is -1.70. The summed E-state index contributed by atoms with van der Waals surface area (Å²) in [5.41, 5.74) is 1.45.